The highest BCUT2D eigenvalue weighted by Gasteiger charge is 2.23. The fraction of sp³-hybridized carbons (Fsp3) is 0.250. The van der Waals surface area contributed by atoms with Crippen LogP contribution in [-0.4, -0.2) is 12.7 Å². The highest BCUT2D eigenvalue weighted by Crippen LogP contribution is 2.39. The minimum absolute atomic E-state index is 0.102. The topological polar surface area (TPSA) is 95.1 Å². The molecule has 1 aromatic carbocycles. The SMILES string of the molecule is N#CC(=Cc1cc2c(cc1Cl)OCO2)C(=O)Nc1sc2c(c1C#N)CCCC2. The van der Waals surface area contributed by atoms with Crippen molar-refractivity contribution in [2.24, 2.45) is 0 Å². The number of halogens is 1. The van der Waals surface area contributed by atoms with Gasteiger partial charge in [-0.25, -0.2) is 0 Å². The number of carbonyl (C=O) groups is 1. The summed E-state index contributed by atoms with van der Waals surface area (Å²) in [5.41, 5.74) is 1.89. The largest absolute Gasteiger partial charge is 0.454 e. The lowest BCUT2D eigenvalue weighted by Crippen LogP contribution is -2.13. The van der Waals surface area contributed by atoms with Gasteiger partial charge in [-0.05, 0) is 49.0 Å². The molecule has 1 amide bonds. The Morgan fingerprint density at radius 1 is 1.21 bits per heavy atom. The molecule has 0 saturated heterocycles. The van der Waals surface area contributed by atoms with Crippen LogP contribution >= 0.6 is 22.9 Å². The number of nitriles is 2. The first-order valence-electron chi connectivity index (χ1n) is 8.67. The molecule has 2 aliphatic rings. The summed E-state index contributed by atoms with van der Waals surface area (Å²) in [6.45, 7) is 0.102. The Morgan fingerprint density at radius 2 is 1.96 bits per heavy atom. The molecule has 140 valence electrons. The highest BCUT2D eigenvalue weighted by molar-refractivity contribution is 7.16. The summed E-state index contributed by atoms with van der Waals surface area (Å²) in [4.78, 5) is 13.8. The van der Waals surface area contributed by atoms with E-state index in [1.165, 1.54) is 17.4 Å². The molecule has 0 fully saturated rings. The van der Waals surface area contributed by atoms with Gasteiger partial charge in [0.15, 0.2) is 11.5 Å². The van der Waals surface area contributed by atoms with Crippen molar-refractivity contribution in [1.29, 1.82) is 10.5 Å². The monoisotopic (exact) mass is 411 g/mol. The fourth-order valence-corrected chi connectivity index (χ4v) is 4.73. The van der Waals surface area contributed by atoms with Crippen LogP contribution in [0.2, 0.25) is 5.02 Å². The van der Waals surface area contributed by atoms with E-state index in [0.29, 0.717) is 32.6 Å². The number of hydrogen-bond acceptors (Lipinski definition) is 6. The molecule has 0 atom stereocenters. The Morgan fingerprint density at radius 3 is 2.71 bits per heavy atom. The number of ether oxygens (including phenoxy) is 2. The molecule has 2 aromatic rings. The Balaban J connectivity index is 1.63. The number of amides is 1. The zero-order valence-corrected chi connectivity index (χ0v) is 16.2. The maximum Gasteiger partial charge on any atom is 0.266 e. The second-order valence-electron chi connectivity index (χ2n) is 6.38. The molecule has 8 heteroatoms. The van der Waals surface area contributed by atoms with E-state index < -0.39 is 5.91 Å². The van der Waals surface area contributed by atoms with Crippen molar-refractivity contribution in [3.8, 4) is 23.6 Å². The third-order valence-electron chi connectivity index (χ3n) is 4.67. The number of hydrogen-bond donors (Lipinski definition) is 1. The van der Waals surface area contributed by atoms with Crippen LogP contribution in [0.3, 0.4) is 0 Å². The van der Waals surface area contributed by atoms with Gasteiger partial charge in [-0.2, -0.15) is 10.5 Å². The number of aryl methyl sites for hydroxylation is 1. The predicted molar refractivity (Wildman–Crippen MR) is 105 cm³/mol. The normalized spacial score (nSPS) is 14.8. The lowest BCUT2D eigenvalue weighted by Gasteiger charge is -2.09. The lowest BCUT2D eigenvalue weighted by molar-refractivity contribution is -0.112. The van der Waals surface area contributed by atoms with E-state index in [1.807, 2.05) is 6.07 Å². The van der Waals surface area contributed by atoms with Crippen LogP contribution < -0.4 is 14.8 Å². The zero-order chi connectivity index (χ0) is 19.7. The molecule has 1 aliphatic carbocycles. The Labute approximate surface area is 170 Å². The smallest absolute Gasteiger partial charge is 0.266 e. The number of nitrogens with zero attached hydrogens (tertiary/aromatic N) is 2. The fourth-order valence-electron chi connectivity index (χ4n) is 3.29. The first-order chi connectivity index (χ1) is 13.6. The van der Waals surface area contributed by atoms with Gasteiger partial charge in [0.1, 0.15) is 22.7 Å². The number of anilines is 1. The summed E-state index contributed by atoms with van der Waals surface area (Å²) in [5, 5.41) is 22.6. The van der Waals surface area contributed by atoms with Gasteiger partial charge < -0.3 is 14.8 Å². The van der Waals surface area contributed by atoms with E-state index >= 15 is 0 Å². The third-order valence-corrected chi connectivity index (χ3v) is 6.20. The summed E-state index contributed by atoms with van der Waals surface area (Å²) in [5.74, 6) is 0.449. The minimum atomic E-state index is -0.577. The van der Waals surface area contributed by atoms with Crippen LogP contribution in [0.5, 0.6) is 11.5 Å². The molecular formula is C20H14ClN3O3S. The minimum Gasteiger partial charge on any atom is -0.454 e. The molecule has 1 N–H and O–H groups in total. The van der Waals surface area contributed by atoms with Gasteiger partial charge >= 0.3 is 0 Å². The van der Waals surface area contributed by atoms with Crippen LogP contribution in [0.15, 0.2) is 17.7 Å². The third kappa shape index (κ3) is 3.31. The molecule has 28 heavy (non-hydrogen) atoms. The Hall–Kier alpha value is -3.00. The predicted octanol–water partition coefficient (Wildman–Crippen LogP) is 4.43. The second kappa shape index (κ2) is 7.55. The van der Waals surface area contributed by atoms with Crippen molar-refractivity contribution in [3.05, 3.63) is 44.3 Å². The van der Waals surface area contributed by atoms with E-state index in [-0.39, 0.29) is 12.4 Å². The molecule has 0 unspecified atom stereocenters. The van der Waals surface area contributed by atoms with Crippen molar-refractivity contribution in [1.82, 2.24) is 0 Å². The molecule has 1 aliphatic heterocycles. The molecule has 0 spiro atoms. The van der Waals surface area contributed by atoms with Crippen molar-refractivity contribution in [2.75, 3.05) is 12.1 Å². The second-order valence-corrected chi connectivity index (χ2v) is 7.89. The summed E-state index contributed by atoms with van der Waals surface area (Å²) in [6.07, 6.45) is 5.28. The first-order valence-corrected chi connectivity index (χ1v) is 9.87. The van der Waals surface area contributed by atoms with Crippen molar-refractivity contribution in [2.45, 2.75) is 25.7 Å². The number of nitrogens with one attached hydrogen (secondary N) is 1. The number of rotatable bonds is 3. The summed E-state index contributed by atoms with van der Waals surface area (Å²) in [7, 11) is 0. The summed E-state index contributed by atoms with van der Waals surface area (Å²) in [6, 6.07) is 7.31. The quantitative estimate of drug-likeness (QED) is 0.595. The summed E-state index contributed by atoms with van der Waals surface area (Å²) >= 11 is 7.64. The van der Waals surface area contributed by atoms with Crippen LogP contribution in [0.25, 0.3) is 6.08 Å². The molecule has 0 bridgehead atoms. The average Bonchev–Trinajstić information content (AvgIpc) is 3.28. The van der Waals surface area contributed by atoms with E-state index in [2.05, 4.69) is 11.4 Å². The van der Waals surface area contributed by atoms with Crippen molar-refractivity contribution >= 4 is 39.9 Å². The highest BCUT2D eigenvalue weighted by atomic mass is 35.5. The summed E-state index contributed by atoms with van der Waals surface area (Å²) < 4.78 is 10.6. The van der Waals surface area contributed by atoms with Crippen LogP contribution in [0.1, 0.15) is 34.4 Å². The van der Waals surface area contributed by atoms with Crippen LogP contribution in [-0.2, 0) is 17.6 Å². The van der Waals surface area contributed by atoms with Gasteiger partial charge in [-0.3, -0.25) is 4.79 Å². The number of fused-ring (bicyclic) bond motifs is 2. The first kappa shape index (κ1) is 18.4. The maximum absolute atomic E-state index is 12.7. The van der Waals surface area contributed by atoms with E-state index in [0.717, 1.165) is 36.1 Å². The number of carbonyl (C=O) groups excluding carboxylic acids is 1. The van der Waals surface area contributed by atoms with E-state index in [1.54, 1.807) is 12.1 Å². The van der Waals surface area contributed by atoms with Gasteiger partial charge in [-0.15, -0.1) is 11.3 Å². The zero-order valence-electron chi connectivity index (χ0n) is 14.7. The number of thiophene rings is 1. The number of benzene rings is 1. The van der Waals surface area contributed by atoms with Crippen molar-refractivity contribution in [3.63, 3.8) is 0 Å². The molecule has 2 heterocycles. The maximum atomic E-state index is 12.7. The van der Waals surface area contributed by atoms with E-state index in [9.17, 15) is 15.3 Å². The van der Waals surface area contributed by atoms with Gasteiger partial charge in [0.05, 0.1) is 10.6 Å². The van der Waals surface area contributed by atoms with Crippen LogP contribution in [0, 0.1) is 22.7 Å². The standard InChI is InChI=1S/C20H14ClN3O3S/c21-15-7-17-16(26-10-27-17)6-11(15)5-12(8-22)19(25)24-20-14(9-23)13-3-1-2-4-18(13)28-20/h5-7H,1-4,10H2,(H,24,25). The molecule has 0 saturated carbocycles. The van der Waals surface area contributed by atoms with Gasteiger partial charge in [0.2, 0.25) is 6.79 Å². The van der Waals surface area contributed by atoms with Gasteiger partial charge in [-0.1, -0.05) is 11.6 Å². The molecule has 6 nitrogen and oxygen atoms in total. The molecular weight excluding hydrogens is 398 g/mol. The van der Waals surface area contributed by atoms with Gasteiger partial charge in [0, 0.05) is 10.9 Å². The average molecular weight is 412 g/mol. The Kier molecular flexibility index (Phi) is 4.95. The van der Waals surface area contributed by atoms with Crippen molar-refractivity contribution < 1.29 is 14.3 Å². The molecule has 0 radical (unpaired) electrons. The lowest BCUT2D eigenvalue weighted by atomic mass is 9.96. The van der Waals surface area contributed by atoms with Crippen LogP contribution in [0.4, 0.5) is 5.00 Å². The van der Waals surface area contributed by atoms with E-state index in [4.69, 9.17) is 21.1 Å². The molecule has 4 rings (SSSR count). The van der Waals surface area contributed by atoms with Gasteiger partial charge in [0.25, 0.3) is 5.91 Å². The molecule has 1 aromatic heterocycles. The Bertz CT molecular complexity index is 1090.